The lowest BCUT2D eigenvalue weighted by Gasteiger charge is -2.32. The highest BCUT2D eigenvalue weighted by Gasteiger charge is 2.24. The van der Waals surface area contributed by atoms with Gasteiger partial charge in [-0.25, -0.2) is 15.0 Å². The number of ether oxygens (including phenoxy) is 1. The van der Waals surface area contributed by atoms with Gasteiger partial charge in [0.25, 0.3) is 0 Å². The van der Waals surface area contributed by atoms with E-state index < -0.39 is 0 Å². The molecule has 0 N–H and O–H groups in total. The summed E-state index contributed by atoms with van der Waals surface area (Å²) in [6.45, 7) is 3.61. The van der Waals surface area contributed by atoms with Crippen LogP contribution in [0.4, 0.5) is 5.82 Å². The fraction of sp³-hybridized carbons (Fsp3) is 0.562. The molecule has 7 heteroatoms. The Morgan fingerprint density at radius 1 is 1.26 bits per heavy atom. The lowest BCUT2D eigenvalue weighted by atomic mass is 9.96. The second-order valence-electron chi connectivity index (χ2n) is 5.63. The van der Waals surface area contributed by atoms with Crippen LogP contribution in [0, 0.1) is 0 Å². The number of piperidine rings is 1. The van der Waals surface area contributed by atoms with Crippen LogP contribution in [0.1, 0.15) is 24.6 Å². The number of methoxy groups -OCH3 is 1. The highest BCUT2D eigenvalue weighted by molar-refractivity contribution is 7.98. The summed E-state index contributed by atoms with van der Waals surface area (Å²) in [6, 6.07) is 2.00. The molecule has 0 radical (unpaired) electrons. The van der Waals surface area contributed by atoms with Crippen molar-refractivity contribution in [2.24, 2.45) is 0 Å². The lowest BCUT2D eigenvalue weighted by molar-refractivity contribution is 0.185. The largest absolute Gasteiger partial charge is 0.383 e. The number of anilines is 1. The van der Waals surface area contributed by atoms with E-state index in [1.54, 1.807) is 18.9 Å². The van der Waals surface area contributed by atoms with Crippen LogP contribution in [-0.2, 0) is 11.3 Å². The van der Waals surface area contributed by atoms with E-state index in [0.29, 0.717) is 5.92 Å². The molecule has 0 aromatic carbocycles. The number of imidazole rings is 1. The number of hydrogen-bond donors (Lipinski definition) is 0. The van der Waals surface area contributed by atoms with Crippen LogP contribution in [0.2, 0.25) is 0 Å². The summed E-state index contributed by atoms with van der Waals surface area (Å²) in [4.78, 5) is 15.8. The van der Waals surface area contributed by atoms with Crippen molar-refractivity contribution in [1.29, 1.82) is 0 Å². The summed E-state index contributed by atoms with van der Waals surface area (Å²) < 4.78 is 7.40. The highest BCUT2D eigenvalue weighted by atomic mass is 32.2. The van der Waals surface area contributed by atoms with Gasteiger partial charge in [0, 0.05) is 51.3 Å². The van der Waals surface area contributed by atoms with Gasteiger partial charge in [-0.3, -0.25) is 0 Å². The minimum Gasteiger partial charge on any atom is -0.383 e. The monoisotopic (exact) mass is 333 g/mol. The van der Waals surface area contributed by atoms with Crippen LogP contribution in [0.25, 0.3) is 0 Å². The third kappa shape index (κ3) is 3.84. The molecule has 124 valence electrons. The third-order valence-electron chi connectivity index (χ3n) is 4.27. The summed E-state index contributed by atoms with van der Waals surface area (Å²) in [5.74, 6) is 2.74. The molecule has 23 heavy (non-hydrogen) atoms. The van der Waals surface area contributed by atoms with Gasteiger partial charge in [-0.05, 0) is 25.2 Å². The average Bonchev–Trinajstić information content (AvgIpc) is 3.08. The summed E-state index contributed by atoms with van der Waals surface area (Å²) in [7, 11) is 1.74. The fourth-order valence-corrected chi connectivity index (χ4v) is 3.38. The summed E-state index contributed by atoms with van der Waals surface area (Å²) in [6.07, 6.45) is 10.00. The quantitative estimate of drug-likeness (QED) is 0.598. The summed E-state index contributed by atoms with van der Waals surface area (Å²) >= 11 is 1.58. The van der Waals surface area contributed by atoms with Crippen molar-refractivity contribution in [1.82, 2.24) is 19.5 Å². The molecule has 0 bridgehead atoms. The molecule has 2 aromatic rings. The predicted molar refractivity (Wildman–Crippen MR) is 92.1 cm³/mol. The molecule has 3 heterocycles. The molecular formula is C16H23N5OS. The van der Waals surface area contributed by atoms with E-state index in [1.165, 1.54) is 5.82 Å². The number of rotatable bonds is 6. The van der Waals surface area contributed by atoms with E-state index in [0.717, 1.165) is 50.1 Å². The van der Waals surface area contributed by atoms with Gasteiger partial charge in [0.05, 0.1) is 6.61 Å². The van der Waals surface area contributed by atoms with Crippen molar-refractivity contribution >= 4 is 17.6 Å². The minimum atomic E-state index is 0.514. The first-order chi connectivity index (χ1) is 11.3. The van der Waals surface area contributed by atoms with Gasteiger partial charge in [-0.15, -0.1) is 0 Å². The van der Waals surface area contributed by atoms with Gasteiger partial charge in [-0.2, -0.15) is 0 Å². The second kappa shape index (κ2) is 7.79. The maximum absolute atomic E-state index is 5.18. The SMILES string of the molecule is COCCn1ccnc1C1CCN(c2ccnc(SC)n2)CC1. The minimum absolute atomic E-state index is 0.514. The van der Waals surface area contributed by atoms with Gasteiger partial charge in [0.15, 0.2) is 5.16 Å². The number of thioether (sulfide) groups is 1. The zero-order chi connectivity index (χ0) is 16.1. The van der Waals surface area contributed by atoms with Crippen LogP contribution in [0.5, 0.6) is 0 Å². The Hall–Kier alpha value is -1.60. The van der Waals surface area contributed by atoms with E-state index in [-0.39, 0.29) is 0 Å². The van der Waals surface area contributed by atoms with Crippen molar-refractivity contribution in [2.75, 3.05) is 38.0 Å². The van der Waals surface area contributed by atoms with Crippen LogP contribution < -0.4 is 4.90 Å². The number of aromatic nitrogens is 4. The normalized spacial score (nSPS) is 16.0. The maximum atomic E-state index is 5.18. The molecule has 1 saturated heterocycles. The molecule has 0 saturated carbocycles. The van der Waals surface area contributed by atoms with Gasteiger partial charge < -0.3 is 14.2 Å². The van der Waals surface area contributed by atoms with Crippen molar-refractivity contribution in [2.45, 2.75) is 30.5 Å². The van der Waals surface area contributed by atoms with Crippen LogP contribution >= 0.6 is 11.8 Å². The smallest absolute Gasteiger partial charge is 0.189 e. The van der Waals surface area contributed by atoms with E-state index in [9.17, 15) is 0 Å². The van der Waals surface area contributed by atoms with Crippen molar-refractivity contribution < 1.29 is 4.74 Å². The van der Waals surface area contributed by atoms with E-state index >= 15 is 0 Å². The van der Waals surface area contributed by atoms with Gasteiger partial charge >= 0.3 is 0 Å². The maximum Gasteiger partial charge on any atom is 0.189 e. The molecule has 2 aromatic heterocycles. The van der Waals surface area contributed by atoms with Gasteiger partial charge in [0.1, 0.15) is 11.6 Å². The zero-order valence-electron chi connectivity index (χ0n) is 13.7. The van der Waals surface area contributed by atoms with E-state index in [4.69, 9.17) is 4.74 Å². The molecular weight excluding hydrogens is 310 g/mol. The molecule has 3 rings (SSSR count). The molecule has 6 nitrogen and oxygen atoms in total. The Kier molecular flexibility index (Phi) is 5.51. The zero-order valence-corrected chi connectivity index (χ0v) is 14.5. The topological polar surface area (TPSA) is 56.1 Å². The van der Waals surface area contributed by atoms with E-state index in [2.05, 4.69) is 30.6 Å². The predicted octanol–water partition coefficient (Wildman–Crippen LogP) is 2.43. The highest BCUT2D eigenvalue weighted by Crippen LogP contribution is 2.29. The van der Waals surface area contributed by atoms with Crippen molar-refractivity contribution in [3.63, 3.8) is 0 Å². The first kappa shape index (κ1) is 16.3. The van der Waals surface area contributed by atoms with Crippen molar-refractivity contribution in [3.8, 4) is 0 Å². The van der Waals surface area contributed by atoms with Crippen LogP contribution in [0.15, 0.2) is 29.8 Å². The standard InChI is InChI=1S/C16H23N5OS/c1-22-12-11-21-10-7-17-15(21)13-4-8-20(9-5-13)14-3-6-18-16(19-14)23-2/h3,6-7,10,13H,4-5,8-9,11-12H2,1-2H3. The number of hydrogen-bond acceptors (Lipinski definition) is 6. The molecule has 0 spiro atoms. The summed E-state index contributed by atoms with van der Waals surface area (Å²) in [5, 5.41) is 0.833. The molecule has 0 atom stereocenters. The third-order valence-corrected chi connectivity index (χ3v) is 4.83. The molecule has 1 aliphatic rings. The fourth-order valence-electron chi connectivity index (χ4n) is 3.03. The Balaban J connectivity index is 1.63. The molecule has 1 aliphatic heterocycles. The van der Waals surface area contributed by atoms with Crippen LogP contribution in [-0.4, -0.2) is 52.6 Å². The molecule has 0 aliphatic carbocycles. The van der Waals surface area contributed by atoms with Crippen LogP contribution in [0.3, 0.4) is 0 Å². The summed E-state index contributed by atoms with van der Waals surface area (Å²) in [5.41, 5.74) is 0. The molecule has 0 amide bonds. The lowest BCUT2D eigenvalue weighted by Crippen LogP contribution is -2.34. The number of nitrogens with zero attached hydrogens (tertiary/aromatic N) is 5. The van der Waals surface area contributed by atoms with Crippen molar-refractivity contribution in [3.05, 3.63) is 30.5 Å². The average molecular weight is 333 g/mol. The first-order valence-electron chi connectivity index (χ1n) is 7.93. The molecule has 0 unspecified atom stereocenters. The Morgan fingerprint density at radius 3 is 2.83 bits per heavy atom. The Morgan fingerprint density at radius 2 is 2.09 bits per heavy atom. The Labute approximate surface area is 141 Å². The second-order valence-corrected chi connectivity index (χ2v) is 6.41. The Bertz CT molecular complexity index is 624. The van der Waals surface area contributed by atoms with Gasteiger partial charge in [-0.1, -0.05) is 11.8 Å². The van der Waals surface area contributed by atoms with Gasteiger partial charge in [0.2, 0.25) is 0 Å². The van der Waals surface area contributed by atoms with E-state index in [1.807, 2.05) is 24.7 Å². The first-order valence-corrected chi connectivity index (χ1v) is 9.16. The molecule has 1 fully saturated rings.